The van der Waals surface area contributed by atoms with E-state index in [1.165, 1.54) is 0 Å². The molecular formula is C14H15N5O2. The number of hydrogen-bond acceptors (Lipinski definition) is 6. The summed E-state index contributed by atoms with van der Waals surface area (Å²) in [6.07, 6.45) is 0. The SMILES string of the molecule is NC(=N/O)/C(=N/OCc1cccc(N)n1)c1ccccc1. The third-order valence-electron chi connectivity index (χ3n) is 2.59. The minimum atomic E-state index is -0.137. The predicted octanol–water partition coefficient (Wildman–Crippen LogP) is 1.33. The van der Waals surface area contributed by atoms with Crippen molar-refractivity contribution in [1.82, 2.24) is 4.98 Å². The van der Waals surface area contributed by atoms with E-state index in [1.807, 2.05) is 18.2 Å². The number of nitrogen functional groups attached to an aromatic ring is 1. The summed E-state index contributed by atoms with van der Waals surface area (Å²) in [7, 11) is 0. The average molecular weight is 285 g/mol. The highest BCUT2D eigenvalue weighted by atomic mass is 16.6. The van der Waals surface area contributed by atoms with Crippen LogP contribution in [0.5, 0.6) is 0 Å². The molecule has 0 aliphatic carbocycles. The molecular weight excluding hydrogens is 270 g/mol. The number of anilines is 1. The van der Waals surface area contributed by atoms with Crippen LogP contribution in [0.15, 0.2) is 58.8 Å². The van der Waals surface area contributed by atoms with Crippen LogP contribution in [0, 0.1) is 0 Å². The van der Waals surface area contributed by atoms with Gasteiger partial charge < -0.3 is 21.5 Å². The summed E-state index contributed by atoms with van der Waals surface area (Å²) in [5, 5.41) is 15.7. The molecule has 2 rings (SSSR count). The molecule has 0 saturated carbocycles. The Hall–Kier alpha value is -3.09. The molecule has 0 radical (unpaired) electrons. The largest absolute Gasteiger partial charge is 0.409 e. The van der Waals surface area contributed by atoms with Gasteiger partial charge in [0.25, 0.3) is 0 Å². The first kappa shape index (κ1) is 14.3. The Labute approximate surface area is 121 Å². The fourth-order valence-electron chi connectivity index (χ4n) is 1.63. The highest BCUT2D eigenvalue weighted by molar-refractivity contribution is 6.46. The van der Waals surface area contributed by atoms with Crippen molar-refractivity contribution in [2.75, 3.05) is 5.73 Å². The molecule has 0 spiro atoms. The van der Waals surface area contributed by atoms with E-state index in [-0.39, 0.29) is 18.2 Å². The second kappa shape index (κ2) is 6.90. The van der Waals surface area contributed by atoms with Crippen molar-refractivity contribution >= 4 is 17.4 Å². The number of benzene rings is 1. The van der Waals surface area contributed by atoms with Crippen LogP contribution in [-0.4, -0.2) is 21.7 Å². The van der Waals surface area contributed by atoms with E-state index in [9.17, 15) is 0 Å². The van der Waals surface area contributed by atoms with Crippen LogP contribution in [0.3, 0.4) is 0 Å². The summed E-state index contributed by atoms with van der Waals surface area (Å²) in [4.78, 5) is 9.29. The number of rotatable bonds is 5. The van der Waals surface area contributed by atoms with E-state index in [0.29, 0.717) is 17.1 Å². The molecule has 5 N–H and O–H groups in total. The predicted molar refractivity (Wildman–Crippen MR) is 79.8 cm³/mol. The van der Waals surface area contributed by atoms with Crippen LogP contribution >= 0.6 is 0 Å². The molecule has 1 aromatic heterocycles. The zero-order valence-electron chi connectivity index (χ0n) is 11.2. The minimum Gasteiger partial charge on any atom is -0.409 e. The zero-order chi connectivity index (χ0) is 15.1. The Balaban J connectivity index is 2.15. The van der Waals surface area contributed by atoms with Crippen molar-refractivity contribution < 1.29 is 10.0 Å². The van der Waals surface area contributed by atoms with Crippen molar-refractivity contribution in [1.29, 1.82) is 0 Å². The van der Waals surface area contributed by atoms with Crippen molar-refractivity contribution in [3.8, 4) is 0 Å². The van der Waals surface area contributed by atoms with Crippen LogP contribution in [0.1, 0.15) is 11.3 Å². The highest BCUT2D eigenvalue weighted by Crippen LogP contribution is 2.05. The molecule has 2 aromatic rings. The molecule has 0 unspecified atom stereocenters. The molecule has 108 valence electrons. The number of amidine groups is 1. The first-order valence-electron chi connectivity index (χ1n) is 6.15. The Kier molecular flexibility index (Phi) is 4.70. The molecule has 0 aliphatic rings. The summed E-state index contributed by atoms with van der Waals surface area (Å²) < 4.78 is 0. The maximum Gasteiger partial charge on any atom is 0.192 e. The van der Waals surface area contributed by atoms with Gasteiger partial charge >= 0.3 is 0 Å². The van der Waals surface area contributed by atoms with E-state index in [4.69, 9.17) is 21.5 Å². The fourth-order valence-corrected chi connectivity index (χ4v) is 1.63. The molecule has 1 aromatic carbocycles. The van der Waals surface area contributed by atoms with Gasteiger partial charge in [0, 0.05) is 5.56 Å². The Morgan fingerprint density at radius 3 is 2.57 bits per heavy atom. The second-order valence-electron chi connectivity index (χ2n) is 4.12. The van der Waals surface area contributed by atoms with Crippen LogP contribution < -0.4 is 11.5 Å². The topological polar surface area (TPSA) is 119 Å². The second-order valence-corrected chi connectivity index (χ2v) is 4.12. The van der Waals surface area contributed by atoms with Gasteiger partial charge in [0.05, 0.1) is 5.69 Å². The van der Waals surface area contributed by atoms with Crippen molar-refractivity contribution in [3.05, 3.63) is 59.8 Å². The minimum absolute atomic E-state index is 0.125. The first-order chi connectivity index (χ1) is 10.2. The lowest BCUT2D eigenvalue weighted by atomic mass is 10.1. The third-order valence-corrected chi connectivity index (χ3v) is 2.59. The van der Waals surface area contributed by atoms with Crippen LogP contribution in [0.2, 0.25) is 0 Å². The molecule has 21 heavy (non-hydrogen) atoms. The number of nitrogens with two attached hydrogens (primary N) is 2. The molecule has 0 saturated heterocycles. The van der Waals surface area contributed by atoms with Gasteiger partial charge in [-0.25, -0.2) is 4.98 Å². The lowest BCUT2D eigenvalue weighted by Gasteiger charge is -2.05. The van der Waals surface area contributed by atoms with Crippen LogP contribution in [0.4, 0.5) is 5.82 Å². The maximum absolute atomic E-state index is 8.82. The molecule has 7 nitrogen and oxygen atoms in total. The van der Waals surface area contributed by atoms with Crippen molar-refractivity contribution in [2.45, 2.75) is 6.61 Å². The highest BCUT2D eigenvalue weighted by Gasteiger charge is 2.10. The lowest BCUT2D eigenvalue weighted by Crippen LogP contribution is -2.25. The van der Waals surface area contributed by atoms with Gasteiger partial charge in [-0.15, -0.1) is 0 Å². The van der Waals surface area contributed by atoms with E-state index < -0.39 is 0 Å². The summed E-state index contributed by atoms with van der Waals surface area (Å²) in [6.45, 7) is 0.125. The number of aromatic nitrogens is 1. The van der Waals surface area contributed by atoms with Crippen molar-refractivity contribution in [3.63, 3.8) is 0 Å². The molecule has 7 heteroatoms. The van der Waals surface area contributed by atoms with Gasteiger partial charge in [-0.1, -0.05) is 46.7 Å². The normalized spacial score (nSPS) is 12.2. The molecule has 0 amide bonds. The van der Waals surface area contributed by atoms with E-state index in [1.54, 1.807) is 30.3 Å². The number of nitrogens with zero attached hydrogens (tertiary/aromatic N) is 3. The van der Waals surface area contributed by atoms with Gasteiger partial charge in [0.1, 0.15) is 5.82 Å². The van der Waals surface area contributed by atoms with Gasteiger partial charge in [-0.3, -0.25) is 0 Å². The molecule has 0 aliphatic heterocycles. The fraction of sp³-hybridized carbons (Fsp3) is 0.0714. The summed E-state index contributed by atoms with van der Waals surface area (Å²) in [6, 6.07) is 14.2. The number of hydrogen-bond donors (Lipinski definition) is 3. The van der Waals surface area contributed by atoms with Gasteiger partial charge in [-0.2, -0.15) is 0 Å². The molecule has 0 fully saturated rings. The zero-order valence-corrected chi connectivity index (χ0v) is 11.2. The average Bonchev–Trinajstić information content (AvgIpc) is 2.52. The van der Waals surface area contributed by atoms with Gasteiger partial charge in [-0.05, 0) is 12.1 Å². The quantitative estimate of drug-likeness (QED) is 0.331. The summed E-state index contributed by atoms with van der Waals surface area (Å²) in [5.41, 5.74) is 12.7. The van der Waals surface area contributed by atoms with E-state index in [2.05, 4.69) is 15.3 Å². The molecule has 0 atom stereocenters. The van der Waals surface area contributed by atoms with Crippen LogP contribution in [-0.2, 0) is 11.4 Å². The Morgan fingerprint density at radius 2 is 1.90 bits per heavy atom. The first-order valence-corrected chi connectivity index (χ1v) is 6.15. The van der Waals surface area contributed by atoms with E-state index in [0.717, 1.165) is 0 Å². The van der Waals surface area contributed by atoms with Gasteiger partial charge in [0.2, 0.25) is 0 Å². The Morgan fingerprint density at radius 1 is 1.14 bits per heavy atom. The monoisotopic (exact) mass is 285 g/mol. The maximum atomic E-state index is 8.82. The molecule has 0 bridgehead atoms. The van der Waals surface area contributed by atoms with Crippen LogP contribution in [0.25, 0.3) is 0 Å². The standard InChI is InChI=1S/C14H15N5O2/c15-12-8-4-7-11(17-12)9-21-19-13(14(16)18-20)10-5-2-1-3-6-10/h1-8,20H,9H2,(H2,15,17)(H2,16,18)/b19-13+. The number of pyridine rings is 1. The van der Waals surface area contributed by atoms with Crippen molar-refractivity contribution in [2.24, 2.45) is 16.0 Å². The van der Waals surface area contributed by atoms with Gasteiger partial charge in [0.15, 0.2) is 18.2 Å². The summed E-state index contributed by atoms with van der Waals surface area (Å²) in [5.74, 6) is 0.265. The number of oxime groups is 2. The van der Waals surface area contributed by atoms with E-state index >= 15 is 0 Å². The smallest absolute Gasteiger partial charge is 0.192 e. The lowest BCUT2D eigenvalue weighted by molar-refractivity contribution is 0.128. The summed E-state index contributed by atoms with van der Waals surface area (Å²) >= 11 is 0. The molecule has 1 heterocycles. The third kappa shape index (κ3) is 3.93. The Bertz CT molecular complexity index is 655.